The molecule has 0 bridgehead atoms. The first-order chi connectivity index (χ1) is 14.5. The summed E-state index contributed by atoms with van der Waals surface area (Å²) in [5, 5.41) is 10.8. The van der Waals surface area contributed by atoms with Crippen LogP contribution in [-0.4, -0.2) is 52.8 Å². The Hall–Kier alpha value is -3.06. The van der Waals surface area contributed by atoms with Crippen LogP contribution >= 0.6 is 0 Å². The zero-order chi connectivity index (χ0) is 21.3. The molecule has 0 aromatic heterocycles. The Bertz CT molecular complexity index is 998. The average Bonchev–Trinajstić information content (AvgIpc) is 3.34. The third-order valence-electron chi connectivity index (χ3n) is 5.71. The highest BCUT2D eigenvalue weighted by Crippen LogP contribution is 2.40. The molecule has 2 aliphatic rings. The Morgan fingerprint density at radius 2 is 1.63 bits per heavy atom. The molecule has 7 heteroatoms. The van der Waals surface area contributed by atoms with Gasteiger partial charge in [-0.15, -0.1) is 0 Å². The lowest BCUT2D eigenvalue weighted by Crippen LogP contribution is -2.37. The monoisotopic (exact) mass is 412 g/mol. The average molecular weight is 412 g/mol. The fourth-order valence-corrected chi connectivity index (χ4v) is 4.15. The van der Waals surface area contributed by atoms with Crippen molar-refractivity contribution >= 4 is 17.4 Å². The van der Waals surface area contributed by atoms with Crippen molar-refractivity contribution in [3.8, 4) is 0 Å². The van der Waals surface area contributed by atoms with Crippen LogP contribution in [0.15, 0.2) is 54.1 Å². The molecule has 30 heavy (non-hydrogen) atoms. The summed E-state index contributed by atoms with van der Waals surface area (Å²) in [6.45, 7) is 2.64. The van der Waals surface area contributed by atoms with Gasteiger partial charge in [0.15, 0.2) is 0 Å². The highest BCUT2D eigenvalue weighted by molar-refractivity contribution is 6.46. The van der Waals surface area contributed by atoms with E-state index in [-0.39, 0.29) is 23.2 Å². The minimum atomic E-state index is -1.04. The molecule has 5 nitrogen and oxygen atoms in total. The van der Waals surface area contributed by atoms with Crippen molar-refractivity contribution in [3.05, 3.63) is 76.9 Å². The first kappa shape index (κ1) is 20.2. The van der Waals surface area contributed by atoms with Crippen molar-refractivity contribution in [1.29, 1.82) is 0 Å². The smallest absolute Gasteiger partial charge is 0.295 e. The molecule has 2 saturated heterocycles. The summed E-state index contributed by atoms with van der Waals surface area (Å²) in [7, 11) is 0. The van der Waals surface area contributed by atoms with Crippen LogP contribution in [-0.2, 0) is 9.59 Å². The van der Waals surface area contributed by atoms with E-state index in [2.05, 4.69) is 4.90 Å². The number of hydrogen-bond donors (Lipinski definition) is 1. The molecule has 2 heterocycles. The van der Waals surface area contributed by atoms with Gasteiger partial charge in [0.25, 0.3) is 11.7 Å². The summed E-state index contributed by atoms with van der Waals surface area (Å²) < 4.78 is 28.0. The summed E-state index contributed by atoms with van der Waals surface area (Å²) >= 11 is 0. The molecule has 156 valence electrons. The number of nitrogens with zero attached hydrogens (tertiary/aromatic N) is 2. The van der Waals surface area contributed by atoms with E-state index >= 15 is 0 Å². The zero-order valence-electron chi connectivity index (χ0n) is 16.4. The van der Waals surface area contributed by atoms with Gasteiger partial charge in [-0.2, -0.15) is 0 Å². The van der Waals surface area contributed by atoms with Crippen LogP contribution in [0, 0.1) is 11.6 Å². The van der Waals surface area contributed by atoms with E-state index in [4.69, 9.17) is 0 Å². The van der Waals surface area contributed by atoms with E-state index in [1.54, 1.807) is 6.07 Å². The van der Waals surface area contributed by atoms with E-state index in [1.807, 2.05) is 0 Å². The number of aliphatic hydroxyl groups is 1. The Morgan fingerprint density at radius 1 is 0.967 bits per heavy atom. The SMILES string of the molecule is O=C1C(=O)N(CCN2CCCC2)C(c2ccccc2F)/C1=C(\O)c1ccc(F)cc1. The van der Waals surface area contributed by atoms with E-state index in [0.29, 0.717) is 6.54 Å². The molecule has 0 radical (unpaired) electrons. The topological polar surface area (TPSA) is 60.9 Å². The van der Waals surface area contributed by atoms with Gasteiger partial charge < -0.3 is 14.9 Å². The fraction of sp³-hybridized carbons (Fsp3) is 0.304. The minimum Gasteiger partial charge on any atom is -0.507 e. The number of ketones is 1. The standard InChI is InChI=1S/C23H22F2N2O3/c24-16-9-7-15(8-10-16)21(28)19-20(17-5-1-2-6-18(17)25)27(23(30)22(19)29)14-13-26-11-3-4-12-26/h1-2,5-10,20,28H,3-4,11-14H2/b21-19+. The van der Waals surface area contributed by atoms with E-state index in [1.165, 1.54) is 35.2 Å². The maximum Gasteiger partial charge on any atom is 0.295 e. The van der Waals surface area contributed by atoms with Gasteiger partial charge in [-0.1, -0.05) is 18.2 Å². The van der Waals surface area contributed by atoms with E-state index in [0.717, 1.165) is 38.1 Å². The molecule has 2 aromatic rings. The maximum absolute atomic E-state index is 14.7. The van der Waals surface area contributed by atoms with E-state index in [9.17, 15) is 23.5 Å². The molecule has 2 fully saturated rings. The van der Waals surface area contributed by atoms with Crippen LogP contribution in [0.4, 0.5) is 8.78 Å². The third kappa shape index (κ3) is 3.73. The second-order valence-corrected chi connectivity index (χ2v) is 7.57. The summed E-state index contributed by atoms with van der Waals surface area (Å²) in [6.07, 6.45) is 2.17. The van der Waals surface area contributed by atoms with Gasteiger partial charge in [-0.25, -0.2) is 8.78 Å². The van der Waals surface area contributed by atoms with Gasteiger partial charge in [0.1, 0.15) is 17.4 Å². The second kappa shape index (κ2) is 8.36. The van der Waals surface area contributed by atoms with Crippen LogP contribution in [0.2, 0.25) is 0 Å². The van der Waals surface area contributed by atoms with Crippen LogP contribution in [0.1, 0.15) is 30.0 Å². The minimum absolute atomic E-state index is 0.141. The van der Waals surface area contributed by atoms with Crippen molar-refractivity contribution < 1.29 is 23.5 Å². The van der Waals surface area contributed by atoms with Crippen LogP contribution < -0.4 is 0 Å². The predicted molar refractivity (Wildman–Crippen MR) is 107 cm³/mol. The maximum atomic E-state index is 14.7. The highest BCUT2D eigenvalue weighted by atomic mass is 19.1. The number of carbonyl (C=O) groups excluding carboxylic acids is 2. The molecule has 1 unspecified atom stereocenters. The van der Waals surface area contributed by atoms with Crippen molar-refractivity contribution in [2.45, 2.75) is 18.9 Å². The molecule has 0 aliphatic carbocycles. The number of hydrogen-bond acceptors (Lipinski definition) is 4. The van der Waals surface area contributed by atoms with Crippen molar-refractivity contribution in [1.82, 2.24) is 9.80 Å². The largest absolute Gasteiger partial charge is 0.507 e. The number of carbonyl (C=O) groups is 2. The van der Waals surface area contributed by atoms with Crippen LogP contribution in [0.25, 0.3) is 5.76 Å². The van der Waals surface area contributed by atoms with Gasteiger partial charge in [-0.3, -0.25) is 9.59 Å². The van der Waals surface area contributed by atoms with Gasteiger partial charge in [0.2, 0.25) is 0 Å². The summed E-state index contributed by atoms with van der Waals surface area (Å²) in [5.41, 5.74) is 0.148. The lowest BCUT2D eigenvalue weighted by Gasteiger charge is -2.27. The zero-order valence-corrected chi connectivity index (χ0v) is 16.4. The third-order valence-corrected chi connectivity index (χ3v) is 5.71. The van der Waals surface area contributed by atoms with Crippen LogP contribution in [0.5, 0.6) is 0 Å². The highest BCUT2D eigenvalue weighted by Gasteiger charge is 2.46. The number of Topliss-reactive ketones (excluding diaryl/α,β-unsaturated/α-hetero) is 1. The number of benzene rings is 2. The first-order valence-corrected chi connectivity index (χ1v) is 9.98. The van der Waals surface area contributed by atoms with Gasteiger partial charge in [-0.05, 0) is 56.3 Å². The van der Waals surface area contributed by atoms with Gasteiger partial charge in [0.05, 0.1) is 11.6 Å². The molecule has 0 spiro atoms. The summed E-state index contributed by atoms with van der Waals surface area (Å²) in [4.78, 5) is 29.2. The Balaban J connectivity index is 1.78. The molecule has 2 aromatic carbocycles. The van der Waals surface area contributed by atoms with Crippen molar-refractivity contribution in [2.24, 2.45) is 0 Å². The molecule has 1 N–H and O–H groups in total. The summed E-state index contributed by atoms with van der Waals surface area (Å²) in [5.74, 6) is -3.15. The molecule has 2 aliphatic heterocycles. The quantitative estimate of drug-likeness (QED) is 0.464. The van der Waals surface area contributed by atoms with Crippen LogP contribution in [0.3, 0.4) is 0 Å². The molecule has 0 saturated carbocycles. The lowest BCUT2D eigenvalue weighted by atomic mass is 9.95. The Morgan fingerprint density at radius 3 is 2.30 bits per heavy atom. The molecular formula is C23H22F2N2O3. The number of likely N-dealkylation sites (tertiary alicyclic amines) is 2. The fourth-order valence-electron chi connectivity index (χ4n) is 4.15. The van der Waals surface area contributed by atoms with E-state index < -0.39 is 35.1 Å². The molecule has 1 amide bonds. The molecular weight excluding hydrogens is 390 g/mol. The summed E-state index contributed by atoms with van der Waals surface area (Å²) in [6, 6.07) is 9.81. The Labute approximate surface area is 173 Å². The number of halogens is 2. The Kier molecular flexibility index (Phi) is 5.63. The number of amides is 1. The van der Waals surface area contributed by atoms with Gasteiger partial charge in [0, 0.05) is 24.2 Å². The second-order valence-electron chi connectivity index (χ2n) is 7.57. The lowest BCUT2D eigenvalue weighted by molar-refractivity contribution is -0.140. The van der Waals surface area contributed by atoms with Crippen molar-refractivity contribution in [3.63, 3.8) is 0 Å². The first-order valence-electron chi connectivity index (χ1n) is 9.98. The number of aliphatic hydroxyl groups excluding tert-OH is 1. The predicted octanol–water partition coefficient (Wildman–Crippen LogP) is 3.48. The van der Waals surface area contributed by atoms with Crippen molar-refractivity contribution in [2.75, 3.05) is 26.2 Å². The molecule has 4 rings (SSSR count). The van der Waals surface area contributed by atoms with Gasteiger partial charge >= 0.3 is 0 Å². The number of rotatable bonds is 5. The normalized spacial score (nSPS) is 21.5. The molecule has 1 atom stereocenters.